The molecule has 0 aliphatic heterocycles. The first-order valence-corrected chi connectivity index (χ1v) is 14.0. The first kappa shape index (κ1) is 28.1. The summed E-state index contributed by atoms with van der Waals surface area (Å²) < 4.78 is 36.6. The molecule has 1 N–H and O–H groups in total. The molecule has 222 valence electrons. The molecule has 0 unspecified atom stereocenters. The highest BCUT2D eigenvalue weighted by Crippen LogP contribution is 2.46. The molecule has 6 rings (SSSR count). The minimum Gasteiger partial charge on any atom is -0.504 e. The Morgan fingerprint density at radius 1 is 0.721 bits per heavy atom. The fourth-order valence-electron chi connectivity index (χ4n) is 5.64. The molecule has 0 amide bonds. The first-order chi connectivity index (χ1) is 20.6. The Bertz CT molecular complexity index is 2090. The summed E-state index contributed by atoms with van der Waals surface area (Å²) in [6.45, 7) is 7.82. The number of methoxy groups -OCH3 is 3. The number of ether oxygens (including phenoxy) is 5. The maximum atomic E-state index is 13.7. The van der Waals surface area contributed by atoms with Crippen LogP contribution in [-0.4, -0.2) is 43.0 Å². The Morgan fingerprint density at radius 2 is 1.37 bits per heavy atom. The van der Waals surface area contributed by atoms with E-state index < -0.39 is 5.63 Å². The number of aromatic nitrogens is 1. The Hall–Kier alpha value is -5.05. The van der Waals surface area contributed by atoms with Gasteiger partial charge in [-0.2, -0.15) is 0 Å². The summed E-state index contributed by atoms with van der Waals surface area (Å²) in [7, 11) is 4.67. The number of hydrogen-bond donors (Lipinski definition) is 1. The number of phenolic OH excluding ortho intramolecular Hbond substituents is 1. The maximum absolute atomic E-state index is 13.7. The smallest absolute Gasteiger partial charge is 0.361 e. The Kier molecular flexibility index (Phi) is 6.96. The molecule has 3 aromatic heterocycles. The normalized spacial score (nSPS) is 11.7. The van der Waals surface area contributed by atoms with Crippen molar-refractivity contribution >= 4 is 38.2 Å². The van der Waals surface area contributed by atoms with E-state index in [-0.39, 0.29) is 29.3 Å². The fourth-order valence-corrected chi connectivity index (χ4v) is 5.64. The average molecular weight is 584 g/mol. The van der Waals surface area contributed by atoms with Gasteiger partial charge in [0.05, 0.1) is 39.1 Å². The second kappa shape index (κ2) is 10.7. The van der Waals surface area contributed by atoms with E-state index in [0.29, 0.717) is 39.3 Å². The van der Waals surface area contributed by atoms with Gasteiger partial charge in [0.2, 0.25) is 0 Å². The topological polar surface area (TPSA) is 101 Å². The van der Waals surface area contributed by atoms with Crippen LogP contribution in [0.5, 0.6) is 34.5 Å². The molecule has 0 saturated heterocycles. The van der Waals surface area contributed by atoms with Crippen molar-refractivity contribution in [1.82, 2.24) is 4.40 Å². The van der Waals surface area contributed by atoms with Gasteiger partial charge in [0.25, 0.3) is 0 Å². The number of rotatable bonds is 8. The summed E-state index contributed by atoms with van der Waals surface area (Å²) in [6, 6.07) is 14.6. The zero-order valence-corrected chi connectivity index (χ0v) is 25.1. The highest BCUT2D eigenvalue weighted by Gasteiger charge is 2.25. The SMILES string of the molecule is COc1cc2c(cc1O)oc(=O)c1c2c(-c2ccc(OC)c(OC(C)C)c2)c2c3cc(OC)c(OC(C)C)cc3ccn21. The van der Waals surface area contributed by atoms with Crippen molar-refractivity contribution in [2.75, 3.05) is 21.3 Å². The van der Waals surface area contributed by atoms with E-state index in [2.05, 4.69) is 0 Å². The third-order valence-corrected chi connectivity index (χ3v) is 7.32. The van der Waals surface area contributed by atoms with Crippen molar-refractivity contribution in [3.05, 3.63) is 65.1 Å². The predicted molar refractivity (Wildman–Crippen MR) is 167 cm³/mol. The monoisotopic (exact) mass is 583 g/mol. The number of phenols is 1. The lowest BCUT2D eigenvalue weighted by atomic mass is 9.97. The lowest BCUT2D eigenvalue weighted by Crippen LogP contribution is -2.07. The number of aromatic hydroxyl groups is 1. The molecule has 9 heteroatoms. The van der Waals surface area contributed by atoms with Gasteiger partial charge in [0.1, 0.15) is 11.1 Å². The molecule has 9 nitrogen and oxygen atoms in total. The van der Waals surface area contributed by atoms with Crippen molar-refractivity contribution in [3.63, 3.8) is 0 Å². The summed E-state index contributed by atoms with van der Waals surface area (Å²) in [5.74, 6) is 2.46. The van der Waals surface area contributed by atoms with Crippen LogP contribution in [0.3, 0.4) is 0 Å². The van der Waals surface area contributed by atoms with Crippen LogP contribution in [0.15, 0.2) is 63.9 Å². The van der Waals surface area contributed by atoms with E-state index in [9.17, 15) is 9.90 Å². The molecule has 0 saturated carbocycles. The lowest BCUT2D eigenvalue weighted by molar-refractivity contribution is 0.230. The minimum absolute atomic E-state index is 0.0531. The van der Waals surface area contributed by atoms with Gasteiger partial charge < -0.3 is 37.6 Å². The lowest BCUT2D eigenvalue weighted by Gasteiger charge is -2.16. The molecule has 0 atom stereocenters. The van der Waals surface area contributed by atoms with Crippen molar-refractivity contribution in [3.8, 4) is 45.6 Å². The molecule has 6 aromatic rings. The zero-order chi connectivity index (χ0) is 30.6. The highest BCUT2D eigenvalue weighted by molar-refractivity contribution is 6.22. The van der Waals surface area contributed by atoms with E-state index in [1.165, 1.54) is 13.2 Å². The van der Waals surface area contributed by atoms with Crippen LogP contribution in [0.4, 0.5) is 0 Å². The molecule has 0 spiro atoms. The summed E-state index contributed by atoms with van der Waals surface area (Å²) >= 11 is 0. The minimum atomic E-state index is -0.549. The van der Waals surface area contributed by atoms with Crippen LogP contribution >= 0.6 is 0 Å². The van der Waals surface area contributed by atoms with E-state index >= 15 is 0 Å². The van der Waals surface area contributed by atoms with Crippen molar-refractivity contribution in [2.45, 2.75) is 39.9 Å². The van der Waals surface area contributed by atoms with Crippen LogP contribution in [0, 0.1) is 0 Å². The predicted octanol–water partition coefficient (Wildman–Crippen LogP) is 7.32. The molecule has 3 heterocycles. The third kappa shape index (κ3) is 4.61. The molecule has 0 fully saturated rings. The van der Waals surface area contributed by atoms with Crippen LogP contribution < -0.4 is 29.3 Å². The van der Waals surface area contributed by atoms with Crippen molar-refractivity contribution in [2.24, 2.45) is 0 Å². The van der Waals surface area contributed by atoms with Crippen LogP contribution in [0.25, 0.3) is 49.3 Å². The third-order valence-electron chi connectivity index (χ3n) is 7.32. The quantitative estimate of drug-likeness (QED) is 0.186. The highest BCUT2D eigenvalue weighted by atomic mass is 16.5. The second-order valence-corrected chi connectivity index (χ2v) is 10.8. The molecule has 0 aliphatic rings. The molecular weight excluding hydrogens is 550 g/mol. The van der Waals surface area contributed by atoms with Crippen LogP contribution in [0.2, 0.25) is 0 Å². The number of benzene rings is 3. The number of fused-ring (bicyclic) bond motifs is 7. The largest absolute Gasteiger partial charge is 0.504 e. The fraction of sp³-hybridized carbons (Fsp3) is 0.265. The van der Waals surface area contributed by atoms with Gasteiger partial charge in [0, 0.05) is 34.0 Å². The van der Waals surface area contributed by atoms with Gasteiger partial charge >= 0.3 is 5.63 Å². The second-order valence-electron chi connectivity index (χ2n) is 10.8. The zero-order valence-electron chi connectivity index (χ0n) is 25.1. The maximum Gasteiger partial charge on any atom is 0.361 e. The number of hydrogen-bond acceptors (Lipinski definition) is 8. The molecule has 0 radical (unpaired) electrons. The Balaban J connectivity index is 1.85. The van der Waals surface area contributed by atoms with Gasteiger partial charge in [-0.25, -0.2) is 4.79 Å². The van der Waals surface area contributed by atoms with E-state index in [4.69, 9.17) is 28.1 Å². The summed E-state index contributed by atoms with van der Waals surface area (Å²) in [5, 5.41) is 13.5. The van der Waals surface area contributed by atoms with Crippen LogP contribution in [-0.2, 0) is 0 Å². The van der Waals surface area contributed by atoms with Gasteiger partial charge in [-0.1, -0.05) is 6.07 Å². The Labute approximate surface area is 247 Å². The van der Waals surface area contributed by atoms with Crippen LogP contribution in [0.1, 0.15) is 27.7 Å². The van der Waals surface area contributed by atoms with Crippen molar-refractivity contribution in [1.29, 1.82) is 0 Å². The molecule has 0 aliphatic carbocycles. The molecule has 0 bridgehead atoms. The van der Waals surface area contributed by atoms with Gasteiger partial charge in [0.15, 0.2) is 34.5 Å². The summed E-state index contributed by atoms with van der Waals surface area (Å²) in [6.07, 6.45) is 1.70. The molecule has 3 aromatic carbocycles. The standard InChI is InChI=1S/C34H33NO8/c1-17(2)41-28-13-20(8-9-24(28)38-5)30-31-22-15-26(39-6)23(36)16-25(22)43-34(37)33(31)35-11-10-19-12-29(42-18(3)4)27(40-7)14-21(19)32(30)35/h8-18,36H,1-7H3. The van der Waals surface area contributed by atoms with Gasteiger partial charge in [-0.3, -0.25) is 0 Å². The first-order valence-electron chi connectivity index (χ1n) is 14.0. The number of pyridine rings is 1. The van der Waals surface area contributed by atoms with Gasteiger partial charge in [-0.05, 0) is 75.0 Å². The summed E-state index contributed by atoms with van der Waals surface area (Å²) in [5.41, 5.74) is 2.34. The Morgan fingerprint density at radius 3 is 2.02 bits per heavy atom. The molecule has 43 heavy (non-hydrogen) atoms. The van der Waals surface area contributed by atoms with Crippen molar-refractivity contribution < 1.29 is 33.2 Å². The number of nitrogens with zero attached hydrogens (tertiary/aromatic N) is 1. The van der Waals surface area contributed by atoms with E-state index in [1.54, 1.807) is 20.3 Å². The van der Waals surface area contributed by atoms with Gasteiger partial charge in [-0.15, -0.1) is 0 Å². The summed E-state index contributed by atoms with van der Waals surface area (Å²) in [4.78, 5) is 13.7. The molecular formula is C34H33NO8. The van der Waals surface area contributed by atoms with E-state index in [0.717, 1.165) is 27.4 Å². The van der Waals surface area contributed by atoms with E-state index in [1.807, 2.05) is 74.7 Å². The average Bonchev–Trinajstić information content (AvgIpc) is 3.32.